The van der Waals surface area contributed by atoms with E-state index in [4.69, 9.17) is 5.41 Å². The third-order valence-corrected chi connectivity index (χ3v) is 4.39. The van der Waals surface area contributed by atoms with E-state index in [1.807, 2.05) is 6.07 Å². The predicted molar refractivity (Wildman–Crippen MR) is 65.7 cm³/mol. The van der Waals surface area contributed by atoms with Crippen LogP contribution in [-0.4, -0.2) is 16.3 Å². The normalized spacial score (nSPS) is 21.8. The van der Waals surface area contributed by atoms with Gasteiger partial charge < -0.3 is 4.90 Å². The summed E-state index contributed by atoms with van der Waals surface area (Å²) < 4.78 is 0. The highest BCUT2D eigenvalue weighted by Crippen LogP contribution is 2.44. The topological polar surface area (TPSA) is 27.1 Å². The van der Waals surface area contributed by atoms with Gasteiger partial charge in [-0.15, -0.1) is 0 Å². The number of nitrogens with one attached hydrogen (secondary N) is 1. The van der Waals surface area contributed by atoms with Crippen LogP contribution in [0.2, 0.25) is 0 Å². The number of hydrogen-bond donors (Lipinski definition) is 1. The van der Waals surface area contributed by atoms with Crippen molar-refractivity contribution < 1.29 is 0 Å². The highest BCUT2D eigenvalue weighted by atomic mass is 15.3. The van der Waals surface area contributed by atoms with Crippen molar-refractivity contribution in [3.8, 4) is 0 Å². The van der Waals surface area contributed by atoms with Crippen molar-refractivity contribution in [3.05, 3.63) is 35.4 Å². The van der Waals surface area contributed by atoms with Gasteiger partial charge in [0, 0.05) is 17.6 Å². The molecule has 2 heteroatoms. The second-order valence-corrected chi connectivity index (χ2v) is 5.02. The average Bonchev–Trinajstić information content (AvgIpc) is 2.57. The van der Waals surface area contributed by atoms with Gasteiger partial charge in [0.15, 0.2) is 0 Å². The SMILES string of the molecule is CCC1(N2Cc3ccccc3C2=N)CCC1. The van der Waals surface area contributed by atoms with Crippen LogP contribution in [0.15, 0.2) is 24.3 Å². The van der Waals surface area contributed by atoms with Gasteiger partial charge in [-0.1, -0.05) is 31.2 Å². The van der Waals surface area contributed by atoms with Crippen molar-refractivity contribution in [1.82, 2.24) is 4.90 Å². The molecule has 1 aromatic carbocycles. The Morgan fingerprint density at radius 1 is 1.31 bits per heavy atom. The Kier molecular flexibility index (Phi) is 2.06. The summed E-state index contributed by atoms with van der Waals surface area (Å²) in [5.41, 5.74) is 2.77. The van der Waals surface area contributed by atoms with Gasteiger partial charge in [0.05, 0.1) is 0 Å². The Labute approximate surface area is 96.8 Å². The summed E-state index contributed by atoms with van der Waals surface area (Å²) >= 11 is 0. The standard InChI is InChI=1S/C14H18N2/c1-2-14(8-5-9-14)16-10-11-6-3-4-7-12(11)13(16)15/h3-4,6-7,15H,2,5,8-10H2,1H3. The Bertz CT molecular complexity index is 427. The summed E-state index contributed by atoms with van der Waals surface area (Å²) in [7, 11) is 0. The fraction of sp³-hybridized carbons (Fsp3) is 0.500. The third-order valence-electron chi connectivity index (χ3n) is 4.39. The molecular formula is C14H18N2. The van der Waals surface area contributed by atoms with Crippen LogP contribution < -0.4 is 0 Å². The van der Waals surface area contributed by atoms with Crippen LogP contribution in [0.3, 0.4) is 0 Å². The molecule has 1 fully saturated rings. The van der Waals surface area contributed by atoms with Gasteiger partial charge in [0.25, 0.3) is 0 Å². The lowest BCUT2D eigenvalue weighted by Gasteiger charge is -2.49. The molecule has 0 radical (unpaired) electrons. The number of hydrogen-bond acceptors (Lipinski definition) is 1. The molecule has 16 heavy (non-hydrogen) atoms. The maximum atomic E-state index is 8.31. The van der Waals surface area contributed by atoms with Gasteiger partial charge in [-0.3, -0.25) is 5.41 Å². The predicted octanol–water partition coefficient (Wildman–Crippen LogP) is 3.16. The van der Waals surface area contributed by atoms with Gasteiger partial charge in [-0.25, -0.2) is 0 Å². The summed E-state index contributed by atoms with van der Waals surface area (Å²) in [6.07, 6.45) is 5.02. The molecule has 2 aliphatic rings. The van der Waals surface area contributed by atoms with E-state index in [0.717, 1.165) is 17.9 Å². The lowest BCUT2D eigenvalue weighted by Crippen LogP contribution is -2.53. The van der Waals surface area contributed by atoms with Crippen molar-refractivity contribution in [2.24, 2.45) is 0 Å². The van der Waals surface area contributed by atoms with Crippen LogP contribution in [0.25, 0.3) is 0 Å². The summed E-state index contributed by atoms with van der Waals surface area (Å²) in [4.78, 5) is 2.33. The fourth-order valence-corrected chi connectivity index (χ4v) is 3.09. The third kappa shape index (κ3) is 1.16. The average molecular weight is 214 g/mol. The van der Waals surface area contributed by atoms with E-state index in [1.165, 1.54) is 31.2 Å². The highest BCUT2D eigenvalue weighted by Gasteiger charge is 2.44. The molecule has 0 amide bonds. The molecule has 1 aromatic rings. The molecule has 1 aliphatic heterocycles. The maximum Gasteiger partial charge on any atom is 0.129 e. The number of nitrogens with zero attached hydrogens (tertiary/aromatic N) is 1. The Morgan fingerprint density at radius 2 is 2.06 bits per heavy atom. The van der Waals surface area contributed by atoms with E-state index >= 15 is 0 Å². The first-order valence-corrected chi connectivity index (χ1v) is 6.21. The molecule has 3 rings (SSSR count). The van der Waals surface area contributed by atoms with E-state index in [-0.39, 0.29) is 0 Å². The minimum Gasteiger partial charge on any atom is -0.347 e. The summed E-state index contributed by atoms with van der Waals surface area (Å²) in [6.45, 7) is 3.21. The zero-order valence-corrected chi connectivity index (χ0v) is 9.79. The number of amidine groups is 1. The van der Waals surface area contributed by atoms with Crippen LogP contribution in [-0.2, 0) is 6.54 Å². The van der Waals surface area contributed by atoms with Crippen LogP contribution in [0.5, 0.6) is 0 Å². The molecule has 0 spiro atoms. The zero-order chi connectivity index (χ0) is 11.2. The summed E-state index contributed by atoms with van der Waals surface area (Å²) in [5, 5.41) is 8.31. The molecule has 2 nitrogen and oxygen atoms in total. The fourth-order valence-electron chi connectivity index (χ4n) is 3.09. The molecule has 0 unspecified atom stereocenters. The Balaban J connectivity index is 1.95. The van der Waals surface area contributed by atoms with Crippen molar-refractivity contribution >= 4 is 5.84 Å². The first-order chi connectivity index (χ1) is 7.77. The van der Waals surface area contributed by atoms with E-state index in [9.17, 15) is 0 Å². The molecule has 0 atom stereocenters. The van der Waals surface area contributed by atoms with E-state index in [1.54, 1.807) is 0 Å². The number of rotatable bonds is 2. The van der Waals surface area contributed by atoms with Crippen molar-refractivity contribution in [2.75, 3.05) is 0 Å². The smallest absolute Gasteiger partial charge is 0.129 e. The second kappa shape index (κ2) is 3.34. The van der Waals surface area contributed by atoms with Crippen LogP contribution in [0.4, 0.5) is 0 Å². The quantitative estimate of drug-likeness (QED) is 0.804. The highest BCUT2D eigenvalue weighted by molar-refractivity contribution is 6.00. The molecule has 1 N–H and O–H groups in total. The van der Waals surface area contributed by atoms with Crippen LogP contribution in [0.1, 0.15) is 43.7 Å². The monoisotopic (exact) mass is 214 g/mol. The van der Waals surface area contributed by atoms with Gasteiger partial charge in [-0.2, -0.15) is 0 Å². The van der Waals surface area contributed by atoms with Crippen LogP contribution >= 0.6 is 0 Å². The minimum absolute atomic E-state index is 0.302. The summed E-state index contributed by atoms with van der Waals surface area (Å²) in [5.74, 6) is 0.747. The number of benzene rings is 1. The zero-order valence-electron chi connectivity index (χ0n) is 9.79. The minimum atomic E-state index is 0.302. The molecule has 0 aromatic heterocycles. The van der Waals surface area contributed by atoms with Gasteiger partial charge in [-0.05, 0) is 31.2 Å². The number of fused-ring (bicyclic) bond motifs is 1. The van der Waals surface area contributed by atoms with Gasteiger partial charge >= 0.3 is 0 Å². The van der Waals surface area contributed by atoms with Gasteiger partial charge in [0.1, 0.15) is 5.84 Å². The molecule has 1 saturated carbocycles. The molecule has 84 valence electrons. The molecular weight excluding hydrogens is 196 g/mol. The lowest BCUT2D eigenvalue weighted by atomic mass is 9.73. The molecule has 0 bridgehead atoms. The van der Waals surface area contributed by atoms with Crippen LogP contribution in [0, 0.1) is 5.41 Å². The van der Waals surface area contributed by atoms with E-state index in [2.05, 4.69) is 30.0 Å². The Morgan fingerprint density at radius 3 is 2.62 bits per heavy atom. The second-order valence-electron chi connectivity index (χ2n) is 5.02. The van der Waals surface area contributed by atoms with E-state index < -0.39 is 0 Å². The maximum absolute atomic E-state index is 8.31. The van der Waals surface area contributed by atoms with E-state index in [0.29, 0.717) is 5.54 Å². The van der Waals surface area contributed by atoms with Crippen molar-refractivity contribution in [3.63, 3.8) is 0 Å². The van der Waals surface area contributed by atoms with Gasteiger partial charge in [0.2, 0.25) is 0 Å². The van der Waals surface area contributed by atoms with Crippen molar-refractivity contribution in [1.29, 1.82) is 5.41 Å². The molecule has 0 saturated heterocycles. The molecule has 1 aliphatic carbocycles. The Hall–Kier alpha value is -1.31. The first-order valence-electron chi connectivity index (χ1n) is 6.21. The summed E-state index contributed by atoms with van der Waals surface area (Å²) in [6, 6.07) is 8.36. The van der Waals surface area contributed by atoms with Crippen molar-refractivity contribution in [2.45, 2.75) is 44.7 Å². The molecule has 1 heterocycles. The largest absolute Gasteiger partial charge is 0.347 e. The lowest BCUT2D eigenvalue weighted by molar-refractivity contribution is 0.0701. The first kappa shape index (κ1) is 9.88.